The monoisotopic (exact) mass is 396 g/mol. The van der Waals surface area contributed by atoms with Gasteiger partial charge in [0, 0.05) is 30.6 Å². The Labute approximate surface area is 168 Å². The van der Waals surface area contributed by atoms with Crippen LogP contribution in [0.25, 0.3) is 0 Å². The van der Waals surface area contributed by atoms with Crippen LogP contribution in [0.5, 0.6) is 0 Å². The summed E-state index contributed by atoms with van der Waals surface area (Å²) in [4.78, 5) is 23.5. The number of rotatable bonds is 8. The molecule has 0 aliphatic heterocycles. The van der Waals surface area contributed by atoms with E-state index in [1.807, 2.05) is 0 Å². The predicted octanol–water partition coefficient (Wildman–Crippen LogP) is 2.43. The van der Waals surface area contributed by atoms with Crippen LogP contribution in [0.2, 0.25) is 0 Å². The van der Waals surface area contributed by atoms with E-state index < -0.39 is 12.2 Å². The molecule has 6 nitrogen and oxygen atoms in total. The molecule has 3 aliphatic carbocycles. The zero-order valence-corrected chi connectivity index (χ0v) is 16.8. The van der Waals surface area contributed by atoms with Crippen LogP contribution in [0.15, 0.2) is 0 Å². The molecule has 3 saturated carbocycles. The molecule has 160 valence electrons. The second-order valence-corrected chi connectivity index (χ2v) is 8.89. The fourth-order valence-corrected chi connectivity index (χ4v) is 5.15. The van der Waals surface area contributed by atoms with Crippen molar-refractivity contribution in [3.63, 3.8) is 0 Å². The van der Waals surface area contributed by atoms with Crippen molar-refractivity contribution in [2.75, 3.05) is 13.2 Å². The lowest BCUT2D eigenvalue weighted by Gasteiger charge is -2.35. The molecule has 2 N–H and O–H groups in total. The van der Waals surface area contributed by atoms with Crippen LogP contribution >= 0.6 is 0 Å². The molecule has 0 aromatic carbocycles. The molecule has 6 atom stereocenters. The average molecular weight is 397 g/mol. The molecular weight excluding hydrogens is 360 g/mol. The third kappa shape index (κ3) is 5.85. The highest BCUT2D eigenvalue weighted by atomic mass is 16.5. The standard InChI is InChI=1S/C22H36O6/c23-14-16-6-7-17(12-20(16)24)27-10-11-28-18-8-9-19(21(25)13-18)22(26)15-4-2-1-3-5-15/h14-21,24-25H,1-13H2. The van der Waals surface area contributed by atoms with Gasteiger partial charge >= 0.3 is 0 Å². The number of hydrogen-bond acceptors (Lipinski definition) is 6. The summed E-state index contributed by atoms with van der Waals surface area (Å²) in [5.41, 5.74) is 0. The van der Waals surface area contributed by atoms with Crippen LogP contribution in [0.1, 0.15) is 70.6 Å². The molecular formula is C22H36O6. The van der Waals surface area contributed by atoms with E-state index in [1.54, 1.807) is 0 Å². The SMILES string of the molecule is O=CC1CCC(OCCOC2CCC(C(=O)C3CCCCC3)C(O)C2)CC1O. The maximum atomic E-state index is 12.7. The molecule has 0 amide bonds. The quantitative estimate of drug-likeness (QED) is 0.483. The van der Waals surface area contributed by atoms with E-state index in [0.29, 0.717) is 38.9 Å². The van der Waals surface area contributed by atoms with Crippen LogP contribution in [0.4, 0.5) is 0 Å². The first-order valence-corrected chi connectivity index (χ1v) is 11.2. The second kappa shape index (κ2) is 10.8. The first kappa shape index (κ1) is 21.9. The van der Waals surface area contributed by atoms with Gasteiger partial charge < -0.3 is 24.5 Å². The van der Waals surface area contributed by atoms with E-state index in [9.17, 15) is 19.8 Å². The van der Waals surface area contributed by atoms with Crippen LogP contribution < -0.4 is 0 Å². The average Bonchev–Trinajstić information content (AvgIpc) is 2.71. The summed E-state index contributed by atoms with van der Waals surface area (Å²) in [5, 5.41) is 20.4. The molecule has 6 heteroatoms. The molecule has 3 rings (SSSR count). The fraction of sp³-hybridized carbons (Fsp3) is 0.909. The highest BCUT2D eigenvalue weighted by Gasteiger charge is 2.37. The van der Waals surface area contributed by atoms with Crippen molar-refractivity contribution in [1.29, 1.82) is 0 Å². The molecule has 0 radical (unpaired) electrons. The molecule has 3 fully saturated rings. The Morgan fingerprint density at radius 2 is 1.43 bits per heavy atom. The zero-order chi connectivity index (χ0) is 19.9. The molecule has 0 heterocycles. The van der Waals surface area contributed by atoms with E-state index in [-0.39, 0.29) is 35.7 Å². The number of hydrogen-bond donors (Lipinski definition) is 2. The van der Waals surface area contributed by atoms with Crippen molar-refractivity contribution >= 4 is 12.1 Å². The maximum Gasteiger partial charge on any atom is 0.141 e. The zero-order valence-electron chi connectivity index (χ0n) is 16.8. The van der Waals surface area contributed by atoms with E-state index >= 15 is 0 Å². The lowest BCUT2D eigenvalue weighted by atomic mass is 9.74. The van der Waals surface area contributed by atoms with Gasteiger partial charge in [-0.3, -0.25) is 4.79 Å². The van der Waals surface area contributed by atoms with Gasteiger partial charge in [-0.15, -0.1) is 0 Å². The van der Waals surface area contributed by atoms with Gasteiger partial charge in [-0.2, -0.15) is 0 Å². The van der Waals surface area contributed by atoms with Gasteiger partial charge in [0.25, 0.3) is 0 Å². The summed E-state index contributed by atoms with van der Waals surface area (Å²) >= 11 is 0. The van der Waals surface area contributed by atoms with E-state index in [1.165, 1.54) is 6.42 Å². The summed E-state index contributed by atoms with van der Waals surface area (Å²) in [6.45, 7) is 0.891. The van der Waals surface area contributed by atoms with Gasteiger partial charge in [-0.05, 0) is 38.5 Å². The number of aldehydes is 1. The lowest BCUT2D eigenvalue weighted by molar-refractivity contribution is -0.137. The number of ether oxygens (including phenoxy) is 2. The van der Waals surface area contributed by atoms with Crippen LogP contribution in [-0.4, -0.2) is 59.9 Å². The largest absolute Gasteiger partial charge is 0.392 e. The smallest absolute Gasteiger partial charge is 0.141 e. The molecule has 0 saturated heterocycles. The maximum absolute atomic E-state index is 12.7. The summed E-state index contributed by atoms with van der Waals surface area (Å²) in [5.74, 6) is -0.0415. The van der Waals surface area contributed by atoms with Gasteiger partial charge in [0.2, 0.25) is 0 Å². The minimum Gasteiger partial charge on any atom is -0.392 e. The van der Waals surface area contributed by atoms with Crippen molar-refractivity contribution in [1.82, 2.24) is 0 Å². The number of carbonyl (C=O) groups is 2. The third-order valence-electron chi connectivity index (χ3n) is 6.93. The highest BCUT2D eigenvalue weighted by Crippen LogP contribution is 2.34. The minimum absolute atomic E-state index is 0.0228. The predicted molar refractivity (Wildman–Crippen MR) is 104 cm³/mol. The van der Waals surface area contributed by atoms with Crippen molar-refractivity contribution in [3.05, 3.63) is 0 Å². The second-order valence-electron chi connectivity index (χ2n) is 8.89. The van der Waals surface area contributed by atoms with Crippen LogP contribution in [0, 0.1) is 17.8 Å². The third-order valence-corrected chi connectivity index (χ3v) is 6.93. The molecule has 28 heavy (non-hydrogen) atoms. The normalized spacial score (nSPS) is 37.5. The Balaban J connectivity index is 1.31. The van der Waals surface area contributed by atoms with E-state index in [0.717, 1.165) is 44.8 Å². The fourth-order valence-electron chi connectivity index (χ4n) is 5.15. The minimum atomic E-state index is -0.607. The Morgan fingerprint density at radius 1 is 0.821 bits per heavy atom. The molecule has 0 aromatic rings. The first-order chi connectivity index (χ1) is 13.6. The molecule has 0 aromatic heterocycles. The highest BCUT2D eigenvalue weighted by molar-refractivity contribution is 5.84. The van der Waals surface area contributed by atoms with Crippen molar-refractivity contribution < 1.29 is 29.3 Å². The van der Waals surface area contributed by atoms with Gasteiger partial charge in [-0.25, -0.2) is 0 Å². The summed E-state index contributed by atoms with van der Waals surface area (Å²) < 4.78 is 11.7. The molecule has 0 bridgehead atoms. The Morgan fingerprint density at radius 3 is 2.00 bits per heavy atom. The van der Waals surface area contributed by atoms with Gasteiger partial charge in [-0.1, -0.05) is 19.3 Å². The van der Waals surface area contributed by atoms with E-state index in [2.05, 4.69) is 0 Å². The number of carbonyl (C=O) groups excluding carboxylic acids is 2. The van der Waals surface area contributed by atoms with Gasteiger partial charge in [0.05, 0.1) is 37.6 Å². The van der Waals surface area contributed by atoms with Gasteiger partial charge in [0.15, 0.2) is 0 Å². The number of ketones is 1. The van der Waals surface area contributed by atoms with Crippen molar-refractivity contribution in [2.24, 2.45) is 17.8 Å². The van der Waals surface area contributed by atoms with Crippen molar-refractivity contribution in [3.8, 4) is 0 Å². The summed E-state index contributed by atoms with van der Waals surface area (Å²) in [7, 11) is 0. The van der Waals surface area contributed by atoms with Crippen LogP contribution in [-0.2, 0) is 19.1 Å². The first-order valence-electron chi connectivity index (χ1n) is 11.2. The van der Waals surface area contributed by atoms with Crippen molar-refractivity contribution in [2.45, 2.75) is 95.0 Å². The summed E-state index contributed by atoms with van der Waals surface area (Å²) in [6, 6.07) is 0. The Bertz CT molecular complexity index is 503. The Kier molecular flexibility index (Phi) is 8.45. The number of aliphatic hydroxyl groups is 2. The Hall–Kier alpha value is -0.820. The van der Waals surface area contributed by atoms with E-state index in [4.69, 9.17) is 9.47 Å². The number of aliphatic hydroxyl groups excluding tert-OH is 2. The van der Waals surface area contributed by atoms with Gasteiger partial charge in [0.1, 0.15) is 12.1 Å². The molecule has 0 spiro atoms. The summed E-state index contributed by atoms with van der Waals surface area (Å²) in [6.07, 6.45) is 9.06. The topological polar surface area (TPSA) is 93.1 Å². The van der Waals surface area contributed by atoms with Crippen LogP contribution in [0.3, 0.4) is 0 Å². The lowest BCUT2D eigenvalue weighted by Crippen LogP contribution is -2.41. The molecule has 3 aliphatic rings. The number of Topliss-reactive ketones (excluding diaryl/α,β-unsaturated/α-hetero) is 1. The molecule has 6 unspecified atom stereocenters.